The van der Waals surface area contributed by atoms with Crippen LogP contribution in [0.3, 0.4) is 0 Å². The summed E-state index contributed by atoms with van der Waals surface area (Å²) in [5, 5.41) is 7.78. The molecule has 5 nitrogen and oxygen atoms in total. The van der Waals surface area contributed by atoms with Crippen LogP contribution in [0.15, 0.2) is 6.20 Å². The zero-order chi connectivity index (χ0) is 13.0. The summed E-state index contributed by atoms with van der Waals surface area (Å²) in [4.78, 5) is 0. The van der Waals surface area contributed by atoms with Crippen LogP contribution in [0.2, 0.25) is 0 Å². The minimum atomic E-state index is 0.239. The molecule has 2 unspecified atom stereocenters. The van der Waals surface area contributed by atoms with Crippen molar-refractivity contribution < 1.29 is 9.47 Å². The van der Waals surface area contributed by atoms with Crippen LogP contribution >= 0.6 is 0 Å². The Morgan fingerprint density at radius 3 is 3.06 bits per heavy atom. The lowest BCUT2D eigenvalue weighted by molar-refractivity contribution is 0.0385. The second kappa shape index (κ2) is 6.20. The number of ether oxygens (including phenoxy) is 2. The van der Waals surface area contributed by atoms with Gasteiger partial charge in [0.05, 0.1) is 31.6 Å². The van der Waals surface area contributed by atoms with Crippen LogP contribution in [0.1, 0.15) is 31.5 Å². The van der Waals surface area contributed by atoms with Crippen molar-refractivity contribution in [2.45, 2.75) is 32.4 Å². The largest absolute Gasteiger partial charge is 0.493 e. The quantitative estimate of drug-likeness (QED) is 0.866. The average molecular weight is 253 g/mol. The summed E-state index contributed by atoms with van der Waals surface area (Å²) < 4.78 is 13.0. The van der Waals surface area contributed by atoms with Gasteiger partial charge in [-0.2, -0.15) is 5.10 Å². The normalized spacial score (nSPS) is 21.8. The second-order valence-corrected chi connectivity index (χ2v) is 4.66. The van der Waals surface area contributed by atoms with Gasteiger partial charge in [0, 0.05) is 19.1 Å². The van der Waals surface area contributed by atoms with Gasteiger partial charge in [-0.3, -0.25) is 4.68 Å². The summed E-state index contributed by atoms with van der Waals surface area (Å²) in [6.45, 7) is 4.64. The lowest BCUT2D eigenvalue weighted by Crippen LogP contribution is -2.33. The second-order valence-electron chi connectivity index (χ2n) is 4.66. The molecule has 2 rings (SSSR count). The van der Waals surface area contributed by atoms with E-state index in [1.807, 2.05) is 11.7 Å². The van der Waals surface area contributed by atoms with E-state index >= 15 is 0 Å². The van der Waals surface area contributed by atoms with Crippen LogP contribution in [-0.2, 0) is 11.3 Å². The molecule has 0 radical (unpaired) electrons. The molecule has 1 saturated heterocycles. The van der Waals surface area contributed by atoms with E-state index in [1.165, 1.54) is 6.42 Å². The first kappa shape index (κ1) is 13.4. The molecule has 0 aliphatic carbocycles. The SMILES string of the molecule is CCn1ncc(OC)c1C(NC)C1CCCOC1. The van der Waals surface area contributed by atoms with Crippen LogP contribution < -0.4 is 10.1 Å². The van der Waals surface area contributed by atoms with Gasteiger partial charge in [0.2, 0.25) is 0 Å². The molecular weight excluding hydrogens is 230 g/mol. The molecule has 2 heterocycles. The van der Waals surface area contributed by atoms with E-state index in [2.05, 4.69) is 17.3 Å². The summed E-state index contributed by atoms with van der Waals surface area (Å²) in [5.74, 6) is 1.35. The third-order valence-corrected chi connectivity index (χ3v) is 3.64. The zero-order valence-electron chi connectivity index (χ0n) is 11.5. The van der Waals surface area contributed by atoms with Gasteiger partial charge in [0.1, 0.15) is 0 Å². The zero-order valence-corrected chi connectivity index (χ0v) is 11.5. The number of aryl methyl sites for hydroxylation is 1. The first-order chi connectivity index (χ1) is 8.81. The van der Waals surface area contributed by atoms with E-state index in [0.29, 0.717) is 5.92 Å². The molecule has 0 spiro atoms. The molecule has 0 aromatic carbocycles. The van der Waals surface area contributed by atoms with Crippen molar-refractivity contribution in [2.24, 2.45) is 5.92 Å². The summed E-state index contributed by atoms with van der Waals surface area (Å²) >= 11 is 0. The number of aromatic nitrogens is 2. The highest BCUT2D eigenvalue weighted by molar-refractivity contribution is 5.29. The van der Waals surface area contributed by atoms with Crippen LogP contribution in [0, 0.1) is 5.92 Å². The number of rotatable bonds is 5. The highest BCUT2D eigenvalue weighted by Crippen LogP contribution is 2.33. The third-order valence-electron chi connectivity index (χ3n) is 3.64. The molecule has 1 N–H and O–H groups in total. The predicted molar refractivity (Wildman–Crippen MR) is 69.8 cm³/mol. The van der Waals surface area contributed by atoms with Crippen LogP contribution in [0.4, 0.5) is 0 Å². The summed E-state index contributed by atoms with van der Waals surface area (Å²) in [7, 11) is 3.69. The first-order valence-electron chi connectivity index (χ1n) is 6.66. The number of hydrogen-bond donors (Lipinski definition) is 1. The first-order valence-corrected chi connectivity index (χ1v) is 6.66. The average Bonchev–Trinajstić information content (AvgIpc) is 2.84. The Morgan fingerprint density at radius 2 is 2.50 bits per heavy atom. The molecule has 1 aromatic rings. The molecular formula is C13H23N3O2. The Bertz CT molecular complexity index is 351. The van der Waals surface area contributed by atoms with E-state index < -0.39 is 0 Å². The molecule has 18 heavy (non-hydrogen) atoms. The number of nitrogens with one attached hydrogen (secondary N) is 1. The molecule has 1 aliphatic heterocycles. The van der Waals surface area contributed by atoms with Crippen LogP contribution in [-0.4, -0.2) is 37.2 Å². The fourth-order valence-corrected chi connectivity index (χ4v) is 2.72. The van der Waals surface area contributed by atoms with Crippen molar-refractivity contribution in [3.8, 4) is 5.75 Å². The van der Waals surface area contributed by atoms with Gasteiger partial charge in [0.15, 0.2) is 5.75 Å². The number of methoxy groups -OCH3 is 1. The molecule has 102 valence electrons. The fraction of sp³-hybridized carbons (Fsp3) is 0.769. The highest BCUT2D eigenvalue weighted by atomic mass is 16.5. The Kier molecular flexibility index (Phi) is 4.60. The fourth-order valence-electron chi connectivity index (χ4n) is 2.72. The van der Waals surface area contributed by atoms with Gasteiger partial charge in [-0.1, -0.05) is 0 Å². The van der Waals surface area contributed by atoms with Crippen molar-refractivity contribution >= 4 is 0 Å². The van der Waals surface area contributed by atoms with Gasteiger partial charge in [-0.25, -0.2) is 0 Å². The van der Waals surface area contributed by atoms with Crippen molar-refractivity contribution in [3.63, 3.8) is 0 Å². The van der Waals surface area contributed by atoms with E-state index in [9.17, 15) is 0 Å². The number of nitrogens with zero attached hydrogens (tertiary/aromatic N) is 2. The molecule has 0 bridgehead atoms. The Morgan fingerprint density at radius 1 is 1.67 bits per heavy atom. The van der Waals surface area contributed by atoms with Gasteiger partial charge in [-0.05, 0) is 26.8 Å². The maximum Gasteiger partial charge on any atom is 0.161 e. The van der Waals surface area contributed by atoms with Crippen molar-refractivity contribution in [3.05, 3.63) is 11.9 Å². The maximum atomic E-state index is 5.60. The number of hydrogen-bond acceptors (Lipinski definition) is 4. The Labute approximate surface area is 108 Å². The third kappa shape index (κ3) is 2.52. The maximum absolute atomic E-state index is 5.60. The minimum absolute atomic E-state index is 0.239. The smallest absolute Gasteiger partial charge is 0.161 e. The molecule has 0 saturated carbocycles. The highest BCUT2D eigenvalue weighted by Gasteiger charge is 2.29. The molecule has 1 fully saturated rings. The molecule has 5 heteroatoms. The van der Waals surface area contributed by atoms with Gasteiger partial charge >= 0.3 is 0 Å². The summed E-state index contributed by atoms with van der Waals surface area (Å²) in [5.41, 5.74) is 1.14. The van der Waals surface area contributed by atoms with Crippen molar-refractivity contribution in [1.29, 1.82) is 0 Å². The Hall–Kier alpha value is -1.07. The van der Waals surface area contributed by atoms with Crippen LogP contribution in [0.5, 0.6) is 5.75 Å². The van der Waals surface area contributed by atoms with Crippen molar-refractivity contribution in [2.75, 3.05) is 27.4 Å². The predicted octanol–water partition coefficient (Wildman–Crippen LogP) is 1.60. The monoisotopic (exact) mass is 253 g/mol. The standard InChI is InChI=1S/C13H23N3O2/c1-4-16-13(11(17-3)8-15-16)12(14-2)10-6-5-7-18-9-10/h8,10,12,14H,4-7,9H2,1-3H3. The lowest BCUT2D eigenvalue weighted by atomic mass is 9.91. The molecule has 1 aliphatic rings. The summed E-state index contributed by atoms with van der Waals surface area (Å²) in [6.07, 6.45) is 4.11. The van der Waals surface area contributed by atoms with E-state index in [-0.39, 0.29) is 6.04 Å². The van der Waals surface area contributed by atoms with E-state index in [1.54, 1.807) is 13.3 Å². The Balaban J connectivity index is 2.27. The lowest BCUT2D eigenvalue weighted by Gasteiger charge is -2.30. The topological polar surface area (TPSA) is 48.3 Å². The minimum Gasteiger partial charge on any atom is -0.493 e. The van der Waals surface area contributed by atoms with Gasteiger partial charge in [-0.15, -0.1) is 0 Å². The summed E-state index contributed by atoms with van der Waals surface area (Å²) in [6, 6.07) is 0.239. The van der Waals surface area contributed by atoms with Gasteiger partial charge < -0.3 is 14.8 Å². The molecule has 2 atom stereocenters. The van der Waals surface area contributed by atoms with E-state index in [4.69, 9.17) is 9.47 Å². The van der Waals surface area contributed by atoms with Gasteiger partial charge in [0.25, 0.3) is 0 Å². The van der Waals surface area contributed by atoms with Crippen LogP contribution in [0.25, 0.3) is 0 Å². The molecule has 1 aromatic heterocycles. The molecule has 0 amide bonds. The van der Waals surface area contributed by atoms with E-state index in [0.717, 1.165) is 37.6 Å². The van der Waals surface area contributed by atoms with Crippen molar-refractivity contribution in [1.82, 2.24) is 15.1 Å².